The second-order valence-electron chi connectivity index (χ2n) is 4.89. The number of hydrogen-bond acceptors (Lipinski definition) is 5. The van der Waals surface area contributed by atoms with Crippen LogP contribution in [0.25, 0.3) is 11.5 Å². The van der Waals surface area contributed by atoms with Crippen molar-refractivity contribution in [2.45, 2.75) is 39.7 Å². The van der Waals surface area contributed by atoms with Crippen LogP contribution in [0.1, 0.15) is 32.2 Å². The van der Waals surface area contributed by atoms with E-state index in [0.29, 0.717) is 18.1 Å². The molecule has 0 amide bonds. The van der Waals surface area contributed by atoms with Gasteiger partial charge in [-0.15, -0.1) is 0 Å². The van der Waals surface area contributed by atoms with Crippen LogP contribution in [-0.4, -0.2) is 26.3 Å². The van der Waals surface area contributed by atoms with Crippen LogP contribution in [0.2, 0.25) is 0 Å². The summed E-state index contributed by atoms with van der Waals surface area (Å²) in [5, 5.41) is 13.8. The van der Waals surface area contributed by atoms with Crippen molar-refractivity contribution < 1.29 is 9.63 Å². The quantitative estimate of drug-likeness (QED) is 0.893. The molecule has 0 aromatic carbocycles. The van der Waals surface area contributed by atoms with Crippen molar-refractivity contribution in [3.8, 4) is 11.5 Å². The van der Waals surface area contributed by atoms with Crippen molar-refractivity contribution in [1.29, 1.82) is 0 Å². The van der Waals surface area contributed by atoms with Gasteiger partial charge >= 0.3 is 0 Å². The molecule has 0 aliphatic heterocycles. The topological polar surface area (TPSA) is 72.0 Å². The standard InChI is InChI=1S/C14H19N3O2/c1-4-10-6-5-7-15-13(10)14-16-12(19-17-14)8-11(18)9(2)3/h5-7,9,11,18H,4,8H2,1-3H3. The minimum Gasteiger partial charge on any atom is -0.392 e. The first-order chi connectivity index (χ1) is 9.11. The zero-order valence-electron chi connectivity index (χ0n) is 11.5. The van der Waals surface area contributed by atoms with Crippen LogP contribution >= 0.6 is 0 Å². The summed E-state index contributed by atoms with van der Waals surface area (Å²) in [6, 6.07) is 3.90. The minimum atomic E-state index is -0.470. The fourth-order valence-corrected chi connectivity index (χ4v) is 1.77. The van der Waals surface area contributed by atoms with Crippen LogP contribution in [0.15, 0.2) is 22.9 Å². The lowest BCUT2D eigenvalue weighted by atomic mass is 10.0. The number of nitrogens with zero attached hydrogens (tertiary/aromatic N) is 3. The Hall–Kier alpha value is -1.75. The van der Waals surface area contributed by atoms with Gasteiger partial charge in [-0.05, 0) is 24.0 Å². The summed E-state index contributed by atoms with van der Waals surface area (Å²) in [5.74, 6) is 1.10. The number of pyridine rings is 1. The van der Waals surface area contributed by atoms with E-state index in [2.05, 4.69) is 22.0 Å². The normalized spacial score (nSPS) is 12.9. The molecule has 1 N–H and O–H groups in total. The first-order valence-corrected chi connectivity index (χ1v) is 6.56. The highest BCUT2D eigenvalue weighted by atomic mass is 16.5. The third kappa shape index (κ3) is 3.17. The molecule has 0 saturated carbocycles. The van der Waals surface area contributed by atoms with E-state index in [1.807, 2.05) is 26.0 Å². The third-order valence-electron chi connectivity index (χ3n) is 3.11. The molecule has 19 heavy (non-hydrogen) atoms. The first-order valence-electron chi connectivity index (χ1n) is 6.56. The highest BCUT2D eigenvalue weighted by Crippen LogP contribution is 2.19. The van der Waals surface area contributed by atoms with Crippen LogP contribution < -0.4 is 0 Å². The number of rotatable bonds is 5. The Labute approximate surface area is 112 Å². The van der Waals surface area contributed by atoms with E-state index in [1.165, 1.54) is 0 Å². The molecule has 5 heteroatoms. The maximum absolute atomic E-state index is 9.82. The summed E-state index contributed by atoms with van der Waals surface area (Å²) in [4.78, 5) is 8.61. The molecule has 0 bridgehead atoms. The van der Waals surface area contributed by atoms with Gasteiger partial charge in [-0.2, -0.15) is 4.98 Å². The number of aliphatic hydroxyl groups excluding tert-OH is 1. The minimum absolute atomic E-state index is 0.163. The molecule has 0 aliphatic rings. The van der Waals surface area contributed by atoms with Gasteiger partial charge in [-0.25, -0.2) is 0 Å². The SMILES string of the molecule is CCc1cccnc1-c1noc(CC(O)C(C)C)n1. The lowest BCUT2D eigenvalue weighted by Crippen LogP contribution is -2.17. The molecule has 0 aliphatic carbocycles. The Morgan fingerprint density at radius 1 is 1.37 bits per heavy atom. The Morgan fingerprint density at radius 2 is 2.16 bits per heavy atom. The van der Waals surface area contributed by atoms with Crippen LogP contribution in [0.5, 0.6) is 0 Å². The second-order valence-corrected chi connectivity index (χ2v) is 4.89. The largest absolute Gasteiger partial charge is 0.392 e. The molecular formula is C14H19N3O2. The molecule has 2 heterocycles. The Morgan fingerprint density at radius 3 is 2.84 bits per heavy atom. The zero-order chi connectivity index (χ0) is 13.8. The molecule has 5 nitrogen and oxygen atoms in total. The van der Waals surface area contributed by atoms with Crippen molar-refractivity contribution in [2.24, 2.45) is 5.92 Å². The van der Waals surface area contributed by atoms with Gasteiger partial charge in [0.1, 0.15) is 5.69 Å². The fraction of sp³-hybridized carbons (Fsp3) is 0.500. The number of aromatic nitrogens is 3. The van der Waals surface area contributed by atoms with Gasteiger partial charge in [0, 0.05) is 6.20 Å². The molecule has 0 radical (unpaired) electrons. The van der Waals surface area contributed by atoms with Crippen molar-refractivity contribution in [3.63, 3.8) is 0 Å². The molecule has 0 spiro atoms. The summed E-state index contributed by atoms with van der Waals surface area (Å²) < 4.78 is 5.18. The Bertz CT molecular complexity index is 537. The summed E-state index contributed by atoms with van der Waals surface area (Å²) in [7, 11) is 0. The highest BCUT2D eigenvalue weighted by molar-refractivity contribution is 5.53. The van der Waals surface area contributed by atoms with Crippen LogP contribution in [0.4, 0.5) is 0 Å². The summed E-state index contributed by atoms with van der Waals surface area (Å²) in [6.07, 6.45) is 2.48. The number of aryl methyl sites for hydroxylation is 1. The third-order valence-corrected chi connectivity index (χ3v) is 3.11. The Kier molecular flexibility index (Phi) is 4.27. The maximum atomic E-state index is 9.82. The predicted molar refractivity (Wildman–Crippen MR) is 71.5 cm³/mol. The van der Waals surface area contributed by atoms with E-state index in [1.54, 1.807) is 6.20 Å². The molecule has 1 atom stereocenters. The van der Waals surface area contributed by atoms with Crippen molar-refractivity contribution in [3.05, 3.63) is 29.8 Å². The molecule has 0 fully saturated rings. The molecular weight excluding hydrogens is 242 g/mol. The van der Waals surface area contributed by atoms with E-state index in [9.17, 15) is 5.11 Å². The molecule has 2 rings (SSSR count). The molecule has 2 aromatic rings. The van der Waals surface area contributed by atoms with E-state index in [-0.39, 0.29) is 5.92 Å². The smallest absolute Gasteiger partial charge is 0.229 e. The van der Waals surface area contributed by atoms with Gasteiger partial charge in [0.2, 0.25) is 11.7 Å². The maximum Gasteiger partial charge on any atom is 0.229 e. The van der Waals surface area contributed by atoms with Crippen molar-refractivity contribution in [1.82, 2.24) is 15.1 Å². The lowest BCUT2D eigenvalue weighted by Gasteiger charge is -2.10. The van der Waals surface area contributed by atoms with E-state index >= 15 is 0 Å². The van der Waals surface area contributed by atoms with Gasteiger partial charge in [0.05, 0.1) is 12.5 Å². The van der Waals surface area contributed by atoms with Crippen LogP contribution in [-0.2, 0) is 12.8 Å². The average molecular weight is 261 g/mol. The lowest BCUT2D eigenvalue weighted by molar-refractivity contribution is 0.116. The van der Waals surface area contributed by atoms with Gasteiger partial charge in [-0.3, -0.25) is 4.98 Å². The molecule has 2 aromatic heterocycles. The predicted octanol–water partition coefficient (Wildman–Crippen LogP) is 2.25. The van der Waals surface area contributed by atoms with Crippen molar-refractivity contribution >= 4 is 0 Å². The molecule has 0 saturated heterocycles. The second kappa shape index (κ2) is 5.93. The van der Waals surface area contributed by atoms with E-state index in [4.69, 9.17) is 4.52 Å². The van der Waals surface area contributed by atoms with Gasteiger partial charge in [0.15, 0.2) is 0 Å². The summed E-state index contributed by atoms with van der Waals surface area (Å²) in [6.45, 7) is 5.97. The van der Waals surface area contributed by atoms with Crippen molar-refractivity contribution in [2.75, 3.05) is 0 Å². The van der Waals surface area contributed by atoms with E-state index < -0.39 is 6.10 Å². The van der Waals surface area contributed by atoms with Gasteiger partial charge in [-0.1, -0.05) is 32.0 Å². The molecule has 102 valence electrons. The number of hydrogen-bond donors (Lipinski definition) is 1. The van der Waals surface area contributed by atoms with Gasteiger partial charge < -0.3 is 9.63 Å². The van der Waals surface area contributed by atoms with Gasteiger partial charge in [0.25, 0.3) is 0 Å². The fourth-order valence-electron chi connectivity index (χ4n) is 1.77. The van der Waals surface area contributed by atoms with Crippen LogP contribution in [0, 0.1) is 5.92 Å². The average Bonchev–Trinajstić information content (AvgIpc) is 2.86. The first kappa shape index (κ1) is 13.7. The molecule has 1 unspecified atom stereocenters. The Balaban J connectivity index is 2.21. The monoisotopic (exact) mass is 261 g/mol. The highest BCUT2D eigenvalue weighted by Gasteiger charge is 2.17. The van der Waals surface area contributed by atoms with Crippen LogP contribution in [0.3, 0.4) is 0 Å². The summed E-state index contributed by atoms with van der Waals surface area (Å²) >= 11 is 0. The van der Waals surface area contributed by atoms with E-state index in [0.717, 1.165) is 17.7 Å². The number of aliphatic hydroxyl groups is 1. The summed E-state index contributed by atoms with van der Waals surface area (Å²) in [5.41, 5.74) is 1.83. The zero-order valence-corrected chi connectivity index (χ0v) is 11.5.